The Hall–Kier alpha value is -2.49. The zero-order chi connectivity index (χ0) is 14.7. The van der Waals surface area contributed by atoms with Crippen LogP contribution in [0.25, 0.3) is 0 Å². The molecule has 3 rings (SSSR count). The molecule has 2 aromatic carbocycles. The number of nitrogens with two attached hydrogens (primary N) is 1. The minimum atomic E-state index is -0.405. The Bertz CT molecular complexity index is 668. The van der Waals surface area contributed by atoms with Gasteiger partial charge in [0.05, 0.1) is 6.61 Å². The van der Waals surface area contributed by atoms with E-state index in [0.29, 0.717) is 5.56 Å². The molecule has 0 unspecified atom stereocenters. The highest BCUT2D eigenvalue weighted by atomic mass is 16.5. The van der Waals surface area contributed by atoms with Crippen molar-refractivity contribution in [3.8, 4) is 5.75 Å². The number of nitrogens with one attached hydrogen (secondary N) is 1. The molecule has 2 aromatic rings. The molecule has 0 saturated heterocycles. The van der Waals surface area contributed by atoms with Crippen LogP contribution in [-0.2, 0) is 12.8 Å². The van der Waals surface area contributed by atoms with Gasteiger partial charge in [0.25, 0.3) is 0 Å². The Labute approximate surface area is 123 Å². The largest absolute Gasteiger partial charge is 0.493 e. The number of hydrogen-bond donors (Lipinski definition) is 2. The van der Waals surface area contributed by atoms with Gasteiger partial charge in [0.1, 0.15) is 5.75 Å². The van der Waals surface area contributed by atoms with Crippen LogP contribution in [0, 0.1) is 0 Å². The quantitative estimate of drug-likeness (QED) is 0.885. The molecule has 1 heterocycles. The van der Waals surface area contributed by atoms with E-state index < -0.39 is 5.91 Å². The van der Waals surface area contributed by atoms with Crippen molar-refractivity contribution in [1.29, 1.82) is 0 Å². The smallest absolute Gasteiger partial charge is 0.248 e. The topological polar surface area (TPSA) is 64.4 Å². The van der Waals surface area contributed by atoms with Crippen molar-refractivity contribution in [3.05, 3.63) is 59.2 Å². The van der Waals surface area contributed by atoms with E-state index in [2.05, 4.69) is 17.4 Å². The Balaban J connectivity index is 1.59. The lowest BCUT2D eigenvalue weighted by molar-refractivity contribution is 0.100. The number of anilines is 1. The third-order valence-electron chi connectivity index (χ3n) is 3.64. The van der Waals surface area contributed by atoms with Crippen LogP contribution in [0.4, 0.5) is 5.69 Å². The Morgan fingerprint density at radius 3 is 3.00 bits per heavy atom. The van der Waals surface area contributed by atoms with Gasteiger partial charge < -0.3 is 15.8 Å². The van der Waals surface area contributed by atoms with Gasteiger partial charge in [-0.1, -0.05) is 18.2 Å². The maximum absolute atomic E-state index is 11.1. The summed E-state index contributed by atoms with van der Waals surface area (Å²) in [5.41, 5.74) is 9.30. The number of fused-ring (bicyclic) bond motifs is 1. The van der Waals surface area contributed by atoms with E-state index in [4.69, 9.17) is 10.5 Å². The van der Waals surface area contributed by atoms with Crippen LogP contribution in [0.5, 0.6) is 5.75 Å². The van der Waals surface area contributed by atoms with Crippen molar-refractivity contribution < 1.29 is 9.53 Å². The molecule has 0 fully saturated rings. The summed E-state index contributed by atoms with van der Waals surface area (Å²) in [7, 11) is 0. The second-order valence-corrected chi connectivity index (χ2v) is 5.16. The number of hydrogen-bond acceptors (Lipinski definition) is 3. The van der Waals surface area contributed by atoms with Gasteiger partial charge >= 0.3 is 0 Å². The van der Waals surface area contributed by atoms with E-state index >= 15 is 0 Å². The lowest BCUT2D eigenvalue weighted by atomic mass is 10.1. The second-order valence-electron chi connectivity index (χ2n) is 5.16. The monoisotopic (exact) mass is 282 g/mol. The van der Waals surface area contributed by atoms with Crippen molar-refractivity contribution >= 4 is 11.6 Å². The highest BCUT2D eigenvalue weighted by Gasteiger charge is 2.11. The molecule has 0 bridgehead atoms. The molecule has 21 heavy (non-hydrogen) atoms. The van der Waals surface area contributed by atoms with Crippen LogP contribution >= 0.6 is 0 Å². The van der Waals surface area contributed by atoms with E-state index in [9.17, 15) is 4.79 Å². The second kappa shape index (κ2) is 5.87. The number of carbonyl (C=O) groups is 1. The normalized spacial score (nSPS) is 12.6. The van der Waals surface area contributed by atoms with Gasteiger partial charge in [-0.2, -0.15) is 0 Å². The molecule has 0 atom stereocenters. The van der Waals surface area contributed by atoms with E-state index in [1.165, 1.54) is 11.1 Å². The first-order chi connectivity index (χ1) is 10.2. The van der Waals surface area contributed by atoms with Crippen LogP contribution in [-0.4, -0.2) is 19.1 Å². The molecule has 108 valence electrons. The number of carbonyl (C=O) groups excluding carboxylic acids is 1. The first-order valence-electron chi connectivity index (χ1n) is 7.11. The lowest BCUT2D eigenvalue weighted by Crippen LogP contribution is -2.11. The minimum Gasteiger partial charge on any atom is -0.493 e. The molecule has 4 nitrogen and oxygen atoms in total. The average Bonchev–Trinajstić information content (AvgIpc) is 2.95. The molecule has 1 aliphatic heterocycles. The maximum Gasteiger partial charge on any atom is 0.248 e. The molecule has 0 spiro atoms. The molecular formula is C17H18N2O2. The van der Waals surface area contributed by atoms with Gasteiger partial charge in [0.2, 0.25) is 5.91 Å². The van der Waals surface area contributed by atoms with Gasteiger partial charge in [-0.15, -0.1) is 0 Å². The summed E-state index contributed by atoms with van der Waals surface area (Å²) in [6.45, 7) is 1.60. The standard InChI is InChI=1S/C17H18N2O2/c18-17(20)14-2-1-3-15(11-14)19-8-6-12-4-5-16-13(10-12)7-9-21-16/h1-5,10-11,19H,6-9H2,(H2,18,20). The van der Waals surface area contributed by atoms with Gasteiger partial charge in [-0.05, 0) is 41.8 Å². The third kappa shape index (κ3) is 3.16. The first-order valence-corrected chi connectivity index (χ1v) is 7.11. The predicted molar refractivity (Wildman–Crippen MR) is 82.8 cm³/mol. The molecule has 0 radical (unpaired) electrons. The third-order valence-corrected chi connectivity index (χ3v) is 3.64. The molecular weight excluding hydrogens is 264 g/mol. The number of primary amides is 1. The number of ether oxygens (including phenoxy) is 1. The van der Waals surface area contributed by atoms with Crippen LogP contribution in [0.3, 0.4) is 0 Å². The Morgan fingerprint density at radius 1 is 1.24 bits per heavy atom. The molecule has 1 aliphatic rings. The van der Waals surface area contributed by atoms with Crippen LogP contribution in [0.2, 0.25) is 0 Å². The number of benzene rings is 2. The molecule has 0 saturated carbocycles. The van der Waals surface area contributed by atoms with Crippen molar-refractivity contribution in [3.63, 3.8) is 0 Å². The first kappa shape index (κ1) is 13.5. The Kier molecular flexibility index (Phi) is 3.77. The molecule has 0 aromatic heterocycles. The van der Waals surface area contributed by atoms with Crippen molar-refractivity contribution in [2.45, 2.75) is 12.8 Å². The molecule has 0 aliphatic carbocycles. The summed E-state index contributed by atoms with van der Waals surface area (Å²) in [6, 6.07) is 13.6. The Morgan fingerprint density at radius 2 is 2.14 bits per heavy atom. The van der Waals surface area contributed by atoms with Crippen molar-refractivity contribution in [2.75, 3.05) is 18.5 Å². The van der Waals surface area contributed by atoms with Gasteiger partial charge in [-0.25, -0.2) is 0 Å². The van der Waals surface area contributed by atoms with E-state index in [0.717, 1.165) is 37.4 Å². The SMILES string of the molecule is NC(=O)c1cccc(NCCc2ccc3c(c2)CCO3)c1. The number of amides is 1. The molecule has 1 amide bonds. The summed E-state index contributed by atoms with van der Waals surface area (Å²) in [5, 5.41) is 3.32. The summed E-state index contributed by atoms with van der Waals surface area (Å²) >= 11 is 0. The van der Waals surface area contributed by atoms with Crippen LogP contribution in [0.1, 0.15) is 21.5 Å². The highest BCUT2D eigenvalue weighted by Crippen LogP contribution is 2.26. The van der Waals surface area contributed by atoms with Crippen molar-refractivity contribution in [1.82, 2.24) is 0 Å². The van der Waals surface area contributed by atoms with Crippen LogP contribution in [0.15, 0.2) is 42.5 Å². The van der Waals surface area contributed by atoms with Gasteiger partial charge in [0.15, 0.2) is 0 Å². The minimum absolute atomic E-state index is 0.405. The zero-order valence-electron chi connectivity index (χ0n) is 11.8. The van der Waals surface area contributed by atoms with Crippen LogP contribution < -0.4 is 15.8 Å². The highest BCUT2D eigenvalue weighted by molar-refractivity contribution is 5.93. The summed E-state index contributed by atoms with van der Waals surface area (Å²) in [5.74, 6) is 0.609. The lowest BCUT2D eigenvalue weighted by Gasteiger charge is -2.08. The fourth-order valence-corrected chi connectivity index (χ4v) is 2.53. The zero-order valence-corrected chi connectivity index (χ0v) is 11.8. The van der Waals surface area contributed by atoms with E-state index in [1.54, 1.807) is 12.1 Å². The van der Waals surface area contributed by atoms with E-state index in [-0.39, 0.29) is 0 Å². The van der Waals surface area contributed by atoms with Gasteiger partial charge in [-0.3, -0.25) is 4.79 Å². The summed E-state index contributed by atoms with van der Waals surface area (Å²) < 4.78 is 5.50. The average molecular weight is 282 g/mol. The predicted octanol–water partition coefficient (Wildman–Crippen LogP) is 2.38. The van der Waals surface area contributed by atoms with Crippen molar-refractivity contribution in [2.24, 2.45) is 5.73 Å². The van der Waals surface area contributed by atoms with Gasteiger partial charge in [0, 0.05) is 24.2 Å². The fraction of sp³-hybridized carbons (Fsp3) is 0.235. The molecule has 4 heteroatoms. The molecule has 3 N–H and O–H groups in total. The summed E-state index contributed by atoms with van der Waals surface area (Å²) in [6.07, 6.45) is 1.92. The summed E-state index contributed by atoms with van der Waals surface area (Å²) in [4.78, 5) is 11.1. The van der Waals surface area contributed by atoms with E-state index in [1.807, 2.05) is 18.2 Å². The maximum atomic E-state index is 11.1. The fourth-order valence-electron chi connectivity index (χ4n) is 2.53. The number of rotatable bonds is 5.